The summed E-state index contributed by atoms with van der Waals surface area (Å²) in [5, 5.41) is 7.35. The number of ether oxygens (including phenoxy) is 1. The average Bonchev–Trinajstić information content (AvgIpc) is 2.52. The zero-order chi connectivity index (χ0) is 20.3. The predicted octanol–water partition coefficient (Wildman–Crippen LogP) is -1.28. The molecule has 10 heteroatoms. The fourth-order valence-electron chi connectivity index (χ4n) is 2.01. The summed E-state index contributed by atoms with van der Waals surface area (Å²) in [7, 11) is 0. The van der Waals surface area contributed by atoms with Crippen molar-refractivity contribution in [3.63, 3.8) is 0 Å². The Kier molecular flexibility index (Phi) is 10.8. The van der Waals surface area contributed by atoms with E-state index >= 15 is 0 Å². The Labute approximate surface area is 152 Å². The van der Waals surface area contributed by atoms with E-state index in [2.05, 4.69) is 20.7 Å². The van der Waals surface area contributed by atoms with Crippen molar-refractivity contribution >= 4 is 29.7 Å². The van der Waals surface area contributed by atoms with Crippen LogP contribution in [-0.2, 0) is 28.7 Å². The maximum absolute atomic E-state index is 12.3. The van der Waals surface area contributed by atoms with Crippen LogP contribution in [0.25, 0.3) is 0 Å². The maximum atomic E-state index is 12.3. The number of rotatable bonds is 10. The molecule has 148 valence electrons. The highest BCUT2D eigenvalue weighted by Crippen LogP contribution is 2.02. The molecule has 5 N–H and O–H groups in total. The first-order valence-electron chi connectivity index (χ1n) is 8.38. The minimum Gasteiger partial charge on any atom is -0.392 e. The van der Waals surface area contributed by atoms with Gasteiger partial charge in [0.2, 0.25) is 17.7 Å². The lowest BCUT2D eigenvalue weighted by Gasteiger charge is -2.21. The van der Waals surface area contributed by atoms with Crippen LogP contribution in [0.15, 0.2) is 0 Å². The summed E-state index contributed by atoms with van der Waals surface area (Å²) in [5.41, 5.74) is 5.41. The Morgan fingerprint density at radius 1 is 0.885 bits per heavy atom. The molecule has 3 amide bonds. The molecular weight excluding hydrogens is 344 g/mol. The van der Waals surface area contributed by atoms with Gasteiger partial charge in [0.05, 0.1) is 0 Å². The fourth-order valence-corrected chi connectivity index (χ4v) is 2.01. The van der Waals surface area contributed by atoms with Crippen molar-refractivity contribution in [3.8, 4) is 0 Å². The lowest BCUT2D eigenvalue weighted by Crippen LogP contribution is -2.54. The number of nitrogens with one attached hydrogen (secondary N) is 3. The van der Waals surface area contributed by atoms with Crippen molar-refractivity contribution in [2.24, 2.45) is 5.73 Å². The molecule has 0 saturated heterocycles. The van der Waals surface area contributed by atoms with Crippen LogP contribution < -0.4 is 21.7 Å². The minimum atomic E-state index is -1.05. The van der Waals surface area contributed by atoms with Gasteiger partial charge in [0.15, 0.2) is 0 Å². The first-order valence-corrected chi connectivity index (χ1v) is 8.38. The molecule has 0 aromatic rings. The van der Waals surface area contributed by atoms with E-state index in [0.29, 0.717) is 25.8 Å². The second-order valence-electron chi connectivity index (χ2n) is 5.91. The number of unbranched alkanes of at least 4 members (excludes halogenated alkanes) is 1. The van der Waals surface area contributed by atoms with Crippen LogP contribution in [0.2, 0.25) is 0 Å². The molecule has 0 spiro atoms. The van der Waals surface area contributed by atoms with E-state index in [-0.39, 0.29) is 5.91 Å². The normalized spacial score (nSPS) is 13.7. The summed E-state index contributed by atoms with van der Waals surface area (Å²) in [6.45, 7) is 5.62. The quantitative estimate of drug-likeness (QED) is 0.211. The molecule has 0 aliphatic carbocycles. The molecule has 0 bridgehead atoms. The van der Waals surface area contributed by atoms with Crippen molar-refractivity contribution in [1.29, 1.82) is 0 Å². The summed E-state index contributed by atoms with van der Waals surface area (Å²) in [4.78, 5) is 57.8. The van der Waals surface area contributed by atoms with E-state index in [4.69, 9.17) is 5.73 Å². The summed E-state index contributed by atoms with van der Waals surface area (Å²) < 4.78 is 4.37. The van der Waals surface area contributed by atoms with E-state index in [1.165, 1.54) is 20.8 Å². The maximum Gasteiger partial charge on any atom is 0.335 e. The summed E-state index contributed by atoms with van der Waals surface area (Å²) in [6.07, 6.45) is 1.73. The van der Waals surface area contributed by atoms with Gasteiger partial charge in [-0.25, -0.2) is 4.79 Å². The molecule has 0 aromatic carbocycles. The molecule has 0 aliphatic heterocycles. The van der Waals surface area contributed by atoms with Crippen LogP contribution in [0.4, 0.5) is 0 Å². The van der Waals surface area contributed by atoms with E-state index in [9.17, 15) is 24.0 Å². The SMILES string of the molecule is CC(=O)N[C@@H](CCCCN)C(=O)N[C@H](C)C(=O)N[C@H](C)C(=O)OC(C)=O. The first kappa shape index (κ1) is 23.5. The Hall–Kier alpha value is -2.49. The molecular formula is C16H28N4O6. The van der Waals surface area contributed by atoms with E-state index < -0.39 is 41.9 Å². The highest BCUT2D eigenvalue weighted by atomic mass is 16.6. The highest BCUT2D eigenvalue weighted by Gasteiger charge is 2.25. The van der Waals surface area contributed by atoms with Gasteiger partial charge in [0.1, 0.15) is 18.1 Å². The topological polar surface area (TPSA) is 157 Å². The summed E-state index contributed by atoms with van der Waals surface area (Å²) in [5.74, 6) is -3.19. The molecule has 0 heterocycles. The third-order valence-corrected chi connectivity index (χ3v) is 3.35. The van der Waals surface area contributed by atoms with Gasteiger partial charge in [0.25, 0.3) is 0 Å². The smallest absolute Gasteiger partial charge is 0.335 e. The monoisotopic (exact) mass is 372 g/mol. The summed E-state index contributed by atoms with van der Waals surface area (Å²) in [6, 6.07) is -2.79. The number of amides is 3. The lowest BCUT2D eigenvalue weighted by atomic mass is 10.1. The fraction of sp³-hybridized carbons (Fsp3) is 0.688. The van der Waals surface area contributed by atoms with Crippen molar-refractivity contribution in [2.45, 2.75) is 65.1 Å². The Morgan fingerprint density at radius 3 is 1.96 bits per heavy atom. The van der Waals surface area contributed by atoms with Gasteiger partial charge >= 0.3 is 11.9 Å². The number of nitrogens with two attached hydrogens (primary N) is 1. The largest absolute Gasteiger partial charge is 0.392 e. The standard InChI is InChI=1S/C16H28N4O6/c1-9(14(23)19-10(2)16(25)26-12(4)22)18-15(24)13(20-11(3)21)7-5-6-8-17/h9-10,13H,5-8,17H2,1-4H3,(H,18,24)(H,19,23)(H,20,21)/t9-,10-,13+/m1/s1. The third-order valence-electron chi connectivity index (χ3n) is 3.35. The van der Waals surface area contributed by atoms with Crippen molar-refractivity contribution in [3.05, 3.63) is 0 Å². The number of hydrogen-bond acceptors (Lipinski definition) is 7. The number of carbonyl (C=O) groups is 5. The lowest BCUT2D eigenvalue weighted by molar-refractivity contribution is -0.160. The minimum absolute atomic E-state index is 0.365. The molecule has 10 nitrogen and oxygen atoms in total. The predicted molar refractivity (Wildman–Crippen MR) is 92.5 cm³/mol. The van der Waals surface area contributed by atoms with Crippen LogP contribution in [0.5, 0.6) is 0 Å². The average molecular weight is 372 g/mol. The van der Waals surface area contributed by atoms with Gasteiger partial charge in [-0.3, -0.25) is 19.2 Å². The molecule has 0 fully saturated rings. The Balaban J connectivity index is 4.66. The molecule has 0 radical (unpaired) electrons. The molecule has 3 atom stereocenters. The van der Waals surface area contributed by atoms with Crippen molar-refractivity contribution < 1.29 is 28.7 Å². The second kappa shape index (κ2) is 12.0. The van der Waals surface area contributed by atoms with Gasteiger partial charge < -0.3 is 26.4 Å². The third kappa shape index (κ3) is 9.72. The highest BCUT2D eigenvalue weighted by molar-refractivity contribution is 5.94. The number of esters is 2. The van der Waals surface area contributed by atoms with Gasteiger partial charge in [0, 0.05) is 13.8 Å². The Morgan fingerprint density at radius 2 is 1.46 bits per heavy atom. The van der Waals surface area contributed by atoms with Gasteiger partial charge in [-0.1, -0.05) is 0 Å². The zero-order valence-corrected chi connectivity index (χ0v) is 15.6. The number of hydrogen-bond donors (Lipinski definition) is 4. The van der Waals surface area contributed by atoms with Crippen molar-refractivity contribution in [2.75, 3.05) is 6.54 Å². The first-order chi connectivity index (χ1) is 12.1. The molecule has 26 heavy (non-hydrogen) atoms. The van der Waals surface area contributed by atoms with E-state index in [0.717, 1.165) is 6.92 Å². The molecule has 0 unspecified atom stereocenters. The van der Waals surface area contributed by atoms with Crippen LogP contribution in [-0.4, -0.2) is 54.3 Å². The number of carbonyl (C=O) groups excluding carboxylic acids is 5. The molecule has 0 aliphatic rings. The van der Waals surface area contributed by atoms with Gasteiger partial charge in [-0.05, 0) is 39.7 Å². The van der Waals surface area contributed by atoms with E-state index in [1.54, 1.807) is 0 Å². The summed E-state index contributed by atoms with van der Waals surface area (Å²) >= 11 is 0. The zero-order valence-electron chi connectivity index (χ0n) is 15.6. The second-order valence-corrected chi connectivity index (χ2v) is 5.91. The molecule has 0 aromatic heterocycles. The molecule has 0 saturated carbocycles. The van der Waals surface area contributed by atoms with Crippen LogP contribution >= 0.6 is 0 Å². The Bertz CT molecular complexity index is 537. The van der Waals surface area contributed by atoms with Gasteiger partial charge in [-0.2, -0.15) is 0 Å². The van der Waals surface area contributed by atoms with Crippen LogP contribution in [0.1, 0.15) is 47.0 Å². The van der Waals surface area contributed by atoms with Crippen LogP contribution in [0, 0.1) is 0 Å². The van der Waals surface area contributed by atoms with E-state index in [1.807, 2.05) is 0 Å². The molecule has 0 rings (SSSR count). The van der Waals surface area contributed by atoms with Gasteiger partial charge in [-0.15, -0.1) is 0 Å². The van der Waals surface area contributed by atoms with Crippen molar-refractivity contribution in [1.82, 2.24) is 16.0 Å². The van der Waals surface area contributed by atoms with Crippen LogP contribution in [0.3, 0.4) is 0 Å².